The van der Waals surface area contributed by atoms with Crippen molar-refractivity contribution in [2.45, 2.75) is 33.9 Å². The van der Waals surface area contributed by atoms with E-state index in [0.29, 0.717) is 33.7 Å². The molecule has 2 aromatic heterocycles. The summed E-state index contributed by atoms with van der Waals surface area (Å²) < 4.78 is 4.63. The van der Waals surface area contributed by atoms with E-state index < -0.39 is 5.69 Å². The number of rotatable bonds is 3. The van der Waals surface area contributed by atoms with Crippen LogP contribution in [0.2, 0.25) is 10.0 Å². The third-order valence-corrected chi connectivity index (χ3v) is 7.02. The van der Waals surface area contributed by atoms with E-state index >= 15 is 0 Å². The second kappa shape index (κ2) is 8.32. The van der Waals surface area contributed by atoms with E-state index in [0.717, 1.165) is 28.9 Å². The number of hydrogen-bond acceptors (Lipinski definition) is 4. The third-order valence-electron chi connectivity index (χ3n) is 6.29. The Morgan fingerprint density at radius 1 is 1.00 bits per heavy atom. The monoisotopic (exact) mass is 497 g/mol. The largest absolute Gasteiger partial charge is 0.332 e. The molecule has 2 aromatic carbocycles. The van der Waals surface area contributed by atoms with E-state index in [1.165, 1.54) is 9.13 Å². The molecule has 4 aromatic rings. The zero-order valence-corrected chi connectivity index (χ0v) is 21.0. The van der Waals surface area contributed by atoms with Crippen molar-refractivity contribution in [3.05, 3.63) is 84.0 Å². The van der Waals surface area contributed by atoms with Crippen LogP contribution in [0.15, 0.2) is 46.0 Å². The van der Waals surface area contributed by atoms with Gasteiger partial charge in [-0.3, -0.25) is 13.9 Å². The van der Waals surface area contributed by atoms with E-state index in [1.54, 1.807) is 25.2 Å². The highest BCUT2D eigenvalue weighted by Crippen LogP contribution is 2.33. The number of benzene rings is 2. The summed E-state index contributed by atoms with van der Waals surface area (Å²) in [6, 6.07) is 11.5. The molecule has 7 nitrogen and oxygen atoms in total. The Bertz CT molecular complexity index is 1550. The number of aromatic nitrogens is 4. The lowest BCUT2D eigenvalue weighted by atomic mass is 10.1. The summed E-state index contributed by atoms with van der Waals surface area (Å²) in [6.07, 6.45) is 0. The van der Waals surface area contributed by atoms with Gasteiger partial charge in [-0.1, -0.05) is 42.3 Å². The molecule has 3 heterocycles. The number of imidazole rings is 1. The number of aryl methyl sites for hydroxylation is 3. The van der Waals surface area contributed by atoms with Crippen LogP contribution in [0.5, 0.6) is 0 Å². The van der Waals surface area contributed by atoms with Crippen molar-refractivity contribution in [2.75, 3.05) is 11.4 Å². The lowest BCUT2D eigenvalue weighted by Gasteiger charge is -2.33. The Hall–Kier alpha value is -3.03. The first kappa shape index (κ1) is 22.7. The molecule has 0 bridgehead atoms. The minimum Gasteiger partial charge on any atom is -0.312 e. The van der Waals surface area contributed by atoms with Crippen molar-refractivity contribution in [1.82, 2.24) is 18.7 Å². The quantitative estimate of drug-likeness (QED) is 0.412. The van der Waals surface area contributed by atoms with Crippen LogP contribution in [0, 0.1) is 19.8 Å². The Labute approximate surface area is 206 Å². The minimum absolute atomic E-state index is 0.0925. The molecule has 1 unspecified atom stereocenters. The van der Waals surface area contributed by atoms with Crippen molar-refractivity contribution in [3.8, 4) is 0 Å². The van der Waals surface area contributed by atoms with Gasteiger partial charge in [0.1, 0.15) is 0 Å². The van der Waals surface area contributed by atoms with Gasteiger partial charge in [-0.2, -0.15) is 4.98 Å². The maximum Gasteiger partial charge on any atom is 0.332 e. The molecule has 0 saturated heterocycles. The maximum absolute atomic E-state index is 13.7. The van der Waals surface area contributed by atoms with Gasteiger partial charge in [0.05, 0.1) is 16.6 Å². The summed E-state index contributed by atoms with van der Waals surface area (Å²) in [6.45, 7) is 7.80. The summed E-state index contributed by atoms with van der Waals surface area (Å²) in [4.78, 5) is 33.8. The smallest absolute Gasteiger partial charge is 0.312 e. The molecule has 5 rings (SSSR count). The Morgan fingerprint density at radius 2 is 1.71 bits per heavy atom. The Balaban J connectivity index is 1.71. The van der Waals surface area contributed by atoms with E-state index in [4.69, 9.17) is 28.2 Å². The van der Waals surface area contributed by atoms with Gasteiger partial charge in [0.15, 0.2) is 11.2 Å². The number of nitrogens with zero attached hydrogens (tertiary/aromatic N) is 5. The van der Waals surface area contributed by atoms with Gasteiger partial charge < -0.3 is 9.47 Å². The van der Waals surface area contributed by atoms with Crippen LogP contribution in [-0.2, 0) is 20.1 Å². The lowest BCUT2D eigenvalue weighted by Crippen LogP contribution is -2.40. The molecule has 1 atom stereocenters. The van der Waals surface area contributed by atoms with Crippen molar-refractivity contribution in [1.29, 1.82) is 0 Å². The summed E-state index contributed by atoms with van der Waals surface area (Å²) in [7, 11) is 1.65. The molecule has 0 N–H and O–H groups in total. The number of halogens is 2. The first-order valence-corrected chi connectivity index (χ1v) is 11.9. The Morgan fingerprint density at radius 3 is 2.38 bits per heavy atom. The molecule has 34 heavy (non-hydrogen) atoms. The van der Waals surface area contributed by atoms with Gasteiger partial charge in [0.25, 0.3) is 5.56 Å². The van der Waals surface area contributed by atoms with Gasteiger partial charge >= 0.3 is 5.69 Å². The fourth-order valence-electron chi connectivity index (χ4n) is 4.79. The first-order chi connectivity index (χ1) is 16.1. The second-order valence-electron chi connectivity index (χ2n) is 9.24. The van der Waals surface area contributed by atoms with Gasteiger partial charge in [-0.25, -0.2) is 4.79 Å². The summed E-state index contributed by atoms with van der Waals surface area (Å²) in [5, 5.41) is 0.802. The summed E-state index contributed by atoms with van der Waals surface area (Å²) in [5.41, 5.74) is 4.09. The second-order valence-corrected chi connectivity index (χ2v) is 10.1. The normalized spacial score (nSPS) is 15.7. The fourth-order valence-corrected chi connectivity index (χ4v) is 5.11. The first-order valence-electron chi connectivity index (χ1n) is 11.1. The molecule has 9 heteroatoms. The van der Waals surface area contributed by atoms with Gasteiger partial charge in [0, 0.05) is 25.8 Å². The molecular formula is C25H25Cl2N5O2. The molecule has 0 aliphatic carbocycles. The molecule has 0 spiro atoms. The SMILES string of the molecule is Cc1cc(C)cc(N2CC(C)Cn3c2nc2c3c(=O)n(Cc3ccc(Cl)c(Cl)c3)c(=O)n2C)c1. The van der Waals surface area contributed by atoms with Crippen molar-refractivity contribution >= 4 is 46.0 Å². The van der Waals surface area contributed by atoms with Crippen LogP contribution in [0.25, 0.3) is 11.2 Å². The predicted octanol–water partition coefficient (Wildman–Crippen LogP) is 4.66. The molecule has 1 aliphatic heterocycles. The van der Waals surface area contributed by atoms with Gasteiger partial charge in [-0.15, -0.1) is 0 Å². The van der Waals surface area contributed by atoms with Crippen LogP contribution in [0.4, 0.5) is 11.6 Å². The molecule has 0 saturated carbocycles. The zero-order valence-electron chi connectivity index (χ0n) is 19.5. The molecule has 0 radical (unpaired) electrons. The fraction of sp³-hybridized carbons (Fsp3) is 0.320. The van der Waals surface area contributed by atoms with Crippen LogP contribution >= 0.6 is 23.2 Å². The van der Waals surface area contributed by atoms with E-state index in [2.05, 4.69) is 43.9 Å². The van der Waals surface area contributed by atoms with E-state index in [9.17, 15) is 9.59 Å². The Kier molecular flexibility index (Phi) is 5.57. The average Bonchev–Trinajstić information content (AvgIpc) is 3.16. The average molecular weight is 498 g/mol. The highest BCUT2D eigenvalue weighted by Gasteiger charge is 2.30. The molecular weight excluding hydrogens is 473 g/mol. The number of fused-ring (bicyclic) bond motifs is 3. The number of anilines is 2. The summed E-state index contributed by atoms with van der Waals surface area (Å²) >= 11 is 12.2. The molecule has 176 valence electrons. The van der Waals surface area contributed by atoms with Crippen LogP contribution < -0.4 is 16.1 Å². The van der Waals surface area contributed by atoms with E-state index in [1.807, 2.05) is 4.57 Å². The standard InChI is InChI=1S/C25H25Cl2N5O2/c1-14-7-15(2)9-18(8-14)30-11-16(3)12-31-21-22(28-24(30)31)29(4)25(34)32(23(21)33)13-17-5-6-19(26)20(27)10-17/h5-10,16H,11-13H2,1-4H3. The zero-order chi connectivity index (χ0) is 24.3. The molecule has 1 aliphatic rings. The van der Waals surface area contributed by atoms with Gasteiger partial charge in [-0.05, 0) is 60.7 Å². The van der Waals surface area contributed by atoms with E-state index in [-0.39, 0.29) is 18.0 Å². The summed E-state index contributed by atoms with van der Waals surface area (Å²) in [5.74, 6) is 0.961. The highest BCUT2D eigenvalue weighted by atomic mass is 35.5. The van der Waals surface area contributed by atoms with Crippen molar-refractivity contribution in [2.24, 2.45) is 13.0 Å². The third kappa shape index (κ3) is 3.73. The maximum atomic E-state index is 13.7. The lowest BCUT2D eigenvalue weighted by molar-refractivity contribution is 0.458. The predicted molar refractivity (Wildman–Crippen MR) is 137 cm³/mol. The van der Waals surface area contributed by atoms with Crippen LogP contribution in [-0.4, -0.2) is 25.2 Å². The number of hydrogen-bond donors (Lipinski definition) is 0. The topological polar surface area (TPSA) is 65.1 Å². The van der Waals surface area contributed by atoms with Crippen molar-refractivity contribution in [3.63, 3.8) is 0 Å². The van der Waals surface area contributed by atoms with Crippen molar-refractivity contribution < 1.29 is 0 Å². The van der Waals surface area contributed by atoms with Crippen LogP contribution in [0.1, 0.15) is 23.6 Å². The molecule has 0 fully saturated rings. The highest BCUT2D eigenvalue weighted by molar-refractivity contribution is 6.42. The minimum atomic E-state index is -0.426. The molecule has 0 amide bonds. The van der Waals surface area contributed by atoms with Crippen LogP contribution in [0.3, 0.4) is 0 Å². The van der Waals surface area contributed by atoms with Gasteiger partial charge in [0.2, 0.25) is 5.95 Å².